The molecule has 2 aliphatic heterocycles. The van der Waals surface area contributed by atoms with Crippen molar-refractivity contribution in [2.45, 2.75) is 39.1 Å². The number of halogens is 2. The summed E-state index contributed by atoms with van der Waals surface area (Å²) < 4.78 is 22.5. The number of hydrogen-bond donors (Lipinski definition) is 2. The maximum Gasteiger partial charge on any atom is 0.299 e. The number of phenols is 1. The molecule has 2 atom stereocenters. The summed E-state index contributed by atoms with van der Waals surface area (Å²) in [5, 5.41) is 13.4. The van der Waals surface area contributed by atoms with E-state index in [2.05, 4.69) is 26.1 Å². The largest absolute Gasteiger partial charge is 0.507 e. The van der Waals surface area contributed by atoms with Gasteiger partial charge in [0.2, 0.25) is 0 Å². The average Bonchev–Trinajstić information content (AvgIpc) is 3.40. The standard InChI is InChI=1S/C25H27BrFN5O3/c1-3-30-23(34)21-22(32-14-17(28-24(30)32)12-16-7-5-6-8-19(16)27)29-25(35-4-2)31(21)13-15-9-10-20(33)18(26)11-15/h5-11,17,24,28,33H,3-4,12-14H2,1-2H3/t17-,24?/m1/s1. The minimum Gasteiger partial charge on any atom is -0.507 e. The summed E-state index contributed by atoms with van der Waals surface area (Å²) in [6, 6.07) is 12.3. The number of aromatic hydroxyl groups is 1. The third-order valence-corrected chi connectivity index (χ3v) is 7.07. The second-order valence-corrected chi connectivity index (χ2v) is 9.50. The molecule has 2 aromatic carbocycles. The molecule has 1 fully saturated rings. The van der Waals surface area contributed by atoms with Gasteiger partial charge in [-0.15, -0.1) is 0 Å². The Hall–Kier alpha value is -3.11. The molecule has 1 aromatic heterocycles. The number of imidazole rings is 1. The van der Waals surface area contributed by atoms with Gasteiger partial charge in [-0.05, 0) is 65.5 Å². The Bertz CT molecular complexity index is 1270. The van der Waals surface area contributed by atoms with Crippen molar-refractivity contribution in [2.75, 3.05) is 24.6 Å². The molecule has 35 heavy (non-hydrogen) atoms. The molecule has 3 aromatic rings. The van der Waals surface area contributed by atoms with Crippen LogP contribution in [0.5, 0.6) is 11.8 Å². The summed E-state index contributed by atoms with van der Waals surface area (Å²) in [5.41, 5.74) is 1.98. The Morgan fingerprint density at radius 2 is 2.06 bits per heavy atom. The van der Waals surface area contributed by atoms with Crippen molar-refractivity contribution >= 4 is 27.7 Å². The summed E-state index contributed by atoms with van der Waals surface area (Å²) in [5.74, 6) is 0.339. The van der Waals surface area contributed by atoms with Gasteiger partial charge in [-0.2, -0.15) is 4.98 Å². The first-order valence-electron chi connectivity index (χ1n) is 11.7. The quantitative estimate of drug-likeness (QED) is 0.472. The molecule has 0 radical (unpaired) electrons. The monoisotopic (exact) mass is 543 g/mol. The van der Waals surface area contributed by atoms with Crippen LogP contribution in [0, 0.1) is 5.82 Å². The molecule has 0 spiro atoms. The van der Waals surface area contributed by atoms with Gasteiger partial charge in [0.1, 0.15) is 11.6 Å². The maximum atomic E-state index is 14.3. The van der Waals surface area contributed by atoms with E-state index in [0.717, 1.165) is 5.56 Å². The number of ether oxygens (including phenoxy) is 1. The van der Waals surface area contributed by atoms with Crippen molar-refractivity contribution in [1.82, 2.24) is 19.8 Å². The lowest BCUT2D eigenvalue weighted by molar-refractivity contribution is 0.0638. The number of carbonyl (C=O) groups is 1. The maximum absolute atomic E-state index is 14.3. The molecule has 1 unspecified atom stereocenters. The SMILES string of the molecule is CCOc1nc2c(n1Cc1ccc(O)c(Br)c1)C(=O)N(CC)C1N[C@H](Cc3ccccc3F)CN21. The van der Waals surface area contributed by atoms with Gasteiger partial charge in [-0.3, -0.25) is 14.7 Å². The zero-order valence-electron chi connectivity index (χ0n) is 19.5. The summed E-state index contributed by atoms with van der Waals surface area (Å²) in [6.07, 6.45) is 0.138. The topological polar surface area (TPSA) is 82.9 Å². The summed E-state index contributed by atoms with van der Waals surface area (Å²) in [4.78, 5) is 22.3. The fourth-order valence-corrected chi connectivity index (χ4v) is 5.24. The van der Waals surface area contributed by atoms with Crippen molar-refractivity contribution in [1.29, 1.82) is 0 Å². The third kappa shape index (κ3) is 4.25. The van der Waals surface area contributed by atoms with Crippen LogP contribution >= 0.6 is 15.9 Å². The molecule has 1 saturated heterocycles. The zero-order chi connectivity index (χ0) is 24.7. The van der Waals surface area contributed by atoms with E-state index in [1.54, 1.807) is 33.7 Å². The predicted molar refractivity (Wildman–Crippen MR) is 133 cm³/mol. The third-order valence-electron chi connectivity index (χ3n) is 6.43. The molecule has 0 aliphatic carbocycles. The van der Waals surface area contributed by atoms with Gasteiger partial charge in [0.15, 0.2) is 17.8 Å². The van der Waals surface area contributed by atoms with Crippen LogP contribution in [0.2, 0.25) is 0 Å². The van der Waals surface area contributed by atoms with Gasteiger partial charge in [-0.1, -0.05) is 24.3 Å². The lowest BCUT2D eigenvalue weighted by Crippen LogP contribution is -2.57. The van der Waals surface area contributed by atoms with Gasteiger partial charge in [-0.25, -0.2) is 4.39 Å². The van der Waals surface area contributed by atoms with Crippen LogP contribution in [-0.2, 0) is 13.0 Å². The highest BCUT2D eigenvalue weighted by atomic mass is 79.9. The molecule has 0 saturated carbocycles. The number of anilines is 1. The Kier molecular flexibility index (Phi) is 6.41. The molecule has 5 rings (SSSR count). The van der Waals surface area contributed by atoms with E-state index in [-0.39, 0.29) is 29.8 Å². The van der Waals surface area contributed by atoms with Crippen LogP contribution in [-0.4, -0.2) is 57.5 Å². The van der Waals surface area contributed by atoms with Crippen LogP contribution < -0.4 is 15.0 Å². The van der Waals surface area contributed by atoms with Gasteiger partial charge >= 0.3 is 0 Å². The van der Waals surface area contributed by atoms with Crippen molar-refractivity contribution in [3.8, 4) is 11.8 Å². The lowest BCUT2D eigenvalue weighted by atomic mass is 10.1. The first-order chi connectivity index (χ1) is 16.9. The molecule has 1 amide bonds. The minimum absolute atomic E-state index is 0.0570. The second kappa shape index (κ2) is 9.50. The van der Waals surface area contributed by atoms with Crippen LogP contribution in [0.1, 0.15) is 35.5 Å². The minimum atomic E-state index is -0.364. The molecule has 0 bridgehead atoms. The summed E-state index contributed by atoms with van der Waals surface area (Å²) in [6.45, 7) is 5.64. The van der Waals surface area contributed by atoms with Crippen LogP contribution in [0.4, 0.5) is 10.2 Å². The van der Waals surface area contributed by atoms with Crippen molar-refractivity contribution in [2.24, 2.45) is 0 Å². The number of carbonyl (C=O) groups excluding carboxylic acids is 1. The zero-order valence-corrected chi connectivity index (χ0v) is 21.1. The van der Waals surface area contributed by atoms with Crippen molar-refractivity contribution < 1.29 is 19.0 Å². The molecular formula is C25H27BrFN5O3. The summed E-state index contributed by atoms with van der Waals surface area (Å²) in [7, 11) is 0. The normalized spacial score (nSPS) is 19.1. The molecule has 3 heterocycles. The first-order valence-corrected chi connectivity index (χ1v) is 12.5. The van der Waals surface area contributed by atoms with E-state index in [1.165, 1.54) is 6.07 Å². The predicted octanol–water partition coefficient (Wildman–Crippen LogP) is 3.72. The molecule has 2 aliphatic rings. The van der Waals surface area contributed by atoms with Gasteiger partial charge in [0, 0.05) is 19.1 Å². The first kappa shape index (κ1) is 23.6. The number of nitrogens with one attached hydrogen (secondary N) is 1. The number of nitrogens with zero attached hydrogens (tertiary/aromatic N) is 4. The van der Waals surface area contributed by atoms with Crippen molar-refractivity contribution in [3.63, 3.8) is 0 Å². The van der Waals surface area contributed by atoms with Gasteiger partial charge < -0.3 is 19.6 Å². The van der Waals surface area contributed by atoms with Gasteiger partial charge in [0.25, 0.3) is 11.9 Å². The molecule has 2 N–H and O–H groups in total. The number of amides is 1. The average molecular weight is 544 g/mol. The van der Waals surface area contributed by atoms with Gasteiger partial charge in [0.05, 0.1) is 17.6 Å². The Morgan fingerprint density at radius 3 is 2.77 bits per heavy atom. The van der Waals surface area contributed by atoms with E-state index in [0.29, 0.717) is 60.2 Å². The van der Waals surface area contributed by atoms with Crippen LogP contribution in [0.3, 0.4) is 0 Å². The second-order valence-electron chi connectivity index (χ2n) is 8.65. The van der Waals surface area contributed by atoms with Crippen LogP contribution in [0.15, 0.2) is 46.9 Å². The number of hydrogen-bond acceptors (Lipinski definition) is 6. The molecular weight excluding hydrogens is 517 g/mol. The van der Waals surface area contributed by atoms with Crippen molar-refractivity contribution in [3.05, 3.63) is 69.6 Å². The summed E-state index contributed by atoms with van der Waals surface area (Å²) >= 11 is 3.36. The molecule has 8 nitrogen and oxygen atoms in total. The molecule has 184 valence electrons. The number of rotatable bonds is 7. The highest BCUT2D eigenvalue weighted by Crippen LogP contribution is 2.37. The Morgan fingerprint density at radius 1 is 1.26 bits per heavy atom. The Balaban J connectivity index is 1.52. The van der Waals surface area contributed by atoms with E-state index >= 15 is 0 Å². The smallest absolute Gasteiger partial charge is 0.299 e. The number of aromatic nitrogens is 2. The van der Waals surface area contributed by atoms with E-state index < -0.39 is 0 Å². The van der Waals surface area contributed by atoms with Crippen LogP contribution in [0.25, 0.3) is 0 Å². The Labute approximate surface area is 211 Å². The highest BCUT2D eigenvalue weighted by Gasteiger charge is 2.46. The molecule has 10 heteroatoms. The van der Waals surface area contributed by atoms with E-state index in [9.17, 15) is 14.3 Å². The fraction of sp³-hybridized carbons (Fsp3) is 0.360. The fourth-order valence-electron chi connectivity index (χ4n) is 4.82. The lowest BCUT2D eigenvalue weighted by Gasteiger charge is -2.38. The van der Waals surface area contributed by atoms with E-state index in [4.69, 9.17) is 9.72 Å². The van der Waals surface area contributed by atoms with E-state index in [1.807, 2.05) is 26.0 Å². The number of benzene rings is 2. The number of fused-ring (bicyclic) bond motifs is 3. The highest BCUT2D eigenvalue weighted by molar-refractivity contribution is 9.10. The number of phenolic OH excluding ortho intramolecular Hbond substituents is 1.